The Hall–Kier alpha value is -3.15. The van der Waals surface area contributed by atoms with E-state index in [1.54, 1.807) is 24.5 Å². The maximum Gasteiger partial charge on any atom is 0.254 e. The lowest BCUT2D eigenvalue weighted by Gasteiger charge is -2.26. The van der Waals surface area contributed by atoms with Crippen LogP contribution in [0.4, 0.5) is 0 Å². The molecule has 0 N–H and O–H groups in total. The lowest BCUT2D eigenvalue weighted by Crippen LogP contribution is -2.31. The highest BCUT2D eigenvalue weighted by molar-refractivity contribution is 5.95. The fourth-order valence-corrected chi connectivity index (χ4v) is 4.12. The topological polar surface area (TPSA) is 60.2 Å². The minimum Gasteiger partial charge on any atom is -0.457 e. The van der Waals surface area contributed by atoms with Crippen molar-refractivity contribution >= 4 is 5.91 Å². The van der Waals surface area contributed by atoms with Crippen LogP contribution in [0.15, 0.2) is 42.7 Å². The number of hydrogen-bond acceptors (Lipinski definition) is 4. The monoisotopic (exact) mass is 390 g/mol. The van der Waals surface area contributed by atoms with Crippen molar-refractivity contribution < 1.29 is 9.53 Å². The molecule has 1 unspecified atom stereocenters. The van der Waals surface area contributed by atoms with Crippen molar-refractivity contribution in [2.24, 2.45) is 7.05 Å². The maximum absolute atomic E-state index is 13.4. The van der Waals surface area contributed by atoms with Gasteiger partial charge in [0.25, 0.3) is 5.91 Å². The molecule has 3 aromatic rings. The van der Waals surface area contributed by atoms with Gasteiger partial charge >= 0.3 is 0 Å². The molecular formula is C23H26N4O2. The minimum absolute atomic E-state index is 0.0368. The number of ether oxygens (including phenoxy) is 1. The van der Waals surface area contributed by atoms with E-state index < -0.39 is 0 Å². The summed E-state index contributed by atoms with van der Waals surface area (Å²) in [5.74, 6) is 1.43. The normalized spacial score (nSPS) is 16.3. The predicted molar refractivity (Wildman–Crippen MR) is 111 cm³/mol. The first-order valence-corrected chi connectivity index (χ1v) is 9.95. The molecule has 1 aliphatic rings. The fourth-order valence-electron chi connectivity index (χ4n) is 4.12. The maximum atomic E-state index is 13.4. The zero-order valence-corrected chi connectivity index (χ0v) is 17.3. The van der Waals surface area contributed by atoms with Gasteiger partial charge in [0.2, 0.25) is 0 Å². The summed E-state index contributed by atoms with van der Waals surface area (Å²) in [5, 5.41) is 4.55. The largest absolute Gasteiger partial charge is 0.457 e. The summed E-state index contributed by atoms with van der Waals surface area (Å²) in [7, 11) is 1.95. The Bertz CT molecular complexity index is 1040. The first-order chi connectivity index (χ1) is 14.0. The van der Waals surface area contributed by atoms with Crippen LogP contribution in [0.3, 0.4) is 0 Å². The molecule has 6 nitrogen and oxygen atoms in total. The van der Waals surface area contributed by atoms with E-state index in [2.05, 4.69) is 17.0 Å². The summed E-state index contributed by atoms with van der Waals surface area (Å²) in [6.45, 7) is 6.83. The molecule has 6 heteroatoms. The summed E-state index contributed by atoms with van der Waals surface area (Å²) in [4.78, 5) is 19.4. The number of amides is 1. The van der Waals surface area contributed by atoms with E-state index in [4.69, 9.17) is 4.74 Å². The molecule has 0 radical (unpaired) electrons. The van der Waals surface area contributed by atoms with Crippen LogP contribution < -0.4 is 4.74 Å². The molecular weight excluding hydrogens is 364 g/mol. The Balaban J connectivity index is 1.63. The summed E-state index contributed by atoms with van der Waals surface area (Å²) < 4.78 is 7.89. The van der Waals surface area contributed by atoms with E-state index >= 15 is 0 Å². The average Bonchev–Trinajstić information content (AvgIpc) is 3.28. The van der Waals surface area contributed by atoms with Gasteiger partial charge in [-0.2, -0.15) is 5.10 Å². The predicted octanol–water partition coefficient (Wildman–Crippen LogP) is 4.51. The van der Waals surface area contributed by atoms with Gasteiger partial charge < -0.3 is 9.64 Å². The molecule has 0 bridgehead atoms. The second-order valence-corrected chi connectivity index (χ2v) is 7.63. The van der Waals surface area contributed by atoms with Gasteiger partial charge in [0.15, 0.2) is 0 Å². The average molecular weight is 390 g/mol. The van der Waals surface area contributed by atoms with Crippen molar-refractivity contribution in [3.63, 3.8) is 0 Å². The highest BCUT2D eigenvalue weighted by atomic mass is 16.5. The van der Waals surface area contributed by atoms with Crippen LogP contribution in [0.5, 0.6) is 11.5 Å². The number of hydrogen-bond donors (Lipinski definition) is 0. The molecule has 0 aliphatic carbocycles. The van der Waals surface area contributed by atoms with Crippen LogP contribution in [0, 0.1) is 20.8 Å². The lowest BCUT2D eigenvalue weighted by molar-refractivity contribution is 0.0734. The highest BCUT2D eigenvalue weighted by Crippen LogP contribution is 2.37. The van der Waals surface area contributed by atoms with Crippen LogP contribution in [-0.2, 0) is 7.05 Å². The molecule has 1 atom stereocenters. The number of carbonyl (C=O) groups is 1. The Kier molecular flexibility index (Phi) is 5.09. The van der Waals surface area contributed by atoms with Gasteiger partial charge in [-0.1, -0.05) is 6.07 Å². The van der Waals surface area contributed by atoms with Gasteiger partial charge in [-0.25, -0.2) is 0 Å². The van der Waals surface area contributed by atoms with Crippen molar-refractivity contribution in [1.82, 2.24) is 19.7 Å². The molecule has 29 heavy (non-hydrogen) atoms. The Morgan fingerprint density at radius 3 is 2.59 bits per heavy atom. The van der Waals surface area contributed by atoms with Gasteiger partial charge in [-0.15, -0.1) is 0 Å². The lowest BCUT2D eigenvalue weighted by atomic mass is 10.0. The van der Waals surface area contributed by atoms with E-state index in [0.29, 0.717) is 17.1 Å². The van der Waals surface area contributed by atoms with Crippen molar-refractivity contribution in [3.05, 3.63) is 70.8 Å². The zero-order chi connectivity index (χ0) is 20.5. The standard InChI is InChI=1S/C23H26N4O2/c1-15-7-8-18(14-21(15)29-19-9-11-24-12-10-19)23(28)27-13-5-6-20(27)22-16(2)25-26(4)17(22)3/h7-12,14,20H,5-6,13H2,1-4H3. The summed E-state index contributed by atoms with van der Waals surface area (Å²) >= 11 is 0. The van der Waals surface area contributed by atoms with Gasteiger partial charge in [-0.05, 0) is 63.4 Å². The third-order valence-electron chi connectivity index (χ3n) is 5.72. The van der Waals surface area contributed by atoms with E-state index in [0.717, 1.165) is 36.3 Å². The Morgan fingerprint density at radius 1 is 1.14 bits per heavy atom. The fraction of sp³-hybridized carbons (Fsp3) is 0.348. The van der Waals surface area contributed by atoms with Gasteiger partial charge in [0.05, 0.1) is 11.7 Å². The number of carbonyl (C=O) groups excluding carboxylic acids is 1. The van der Waals surface area contributed by atoms with Gasteiger partial charge in [-0.3, -0.25) is 14.5 Å². The van der Waals surface area contributed by atoms with Crippen LogP contribution in [0.1, 0.15) is 51.8 Å². The van der Waals surface area contributed by atoms with Crippen LogP contribution in [0.25, 0.3) is 0 Å². The molecule has 1 saturated heterocycles. The van der Waals surface area contributed by atoms with Crippen molar-refractivity contribution in [3.8, 4) is 11.5 Å². The molecule has 1 fully saturated rings. The summed E-state index contributed by atoms with van der Waals surface area (Å²) in [5.41, 5.74) is 4.93. The summed E-state index contributed by atoms with van der Waals surface area (Å²) in [6, 6.07) is 9.35. The number of aromatic nitrogens is 3. The molecule has 3 heterocycles. The van der Waals surface area contributed by atoms with E-state index in [9.17, 15) is 4.79 Å². The number of nitrogens with zero attached hydrogens (tertiary/aromatic N) is 4. The third-order valence-corrected chi connectivity index (χ3v) is 5.72. The van der Waals surface area contributed by atoms with Crippen molar-refractivity contribution in [2.45, 2.75) is 39.7 Å². The first kappa shape index (κ1) is 19.2. The first-order valence-electron chi connectivity index (χ1n) is 9.95. The molecule has 4 rings (SSSR count). The zero-order valence-electron chi connectivity index (χ0n) is 17.3. The SMILES string of the molecule is Cc1ccc(C(=O)N2CCCC2c2c(C)nn(C)c2C)cc1Oc1ccncc1. The van der Waals surface area contributed by atoms with Gasteiger partial charge in [0, 0.05) is 42.8 Å². The second kappa shape index (κ2) is 7.70. The quantitative estimate of drug-likeness (QED) is 0.658. The van der Waals surface area contributed by atoms with E-state index in [1.165, 1.54) is 5.56 Å². The third kappa shape index (κ3) is 3.62. The van der Waals surface area contributed by atoms with Crippen LogP contribution in [0.2, 0.25) is 0 Å². The smallest absolute Gasteiger partial charge is 0.254 e. The van der Waals surface area contributed by atoms with E-state index in [-0.39, 0.29) is 11.9 Å². The molecule has 1 aromatic carbocycles. The van der Waals surface area contributed by atoms with Crippen LogP contribution in [-0.4, -0.2) is 32.1 Å². The Labute approximate surface area is 171 Å². The number of benzene rings is 1. The summed E-state index contributed by atoms with van der Waals surface area (Å²) in [6.07, 6.45) is 5.34. The van der Waals surface area contributed by atoms with Gasteiger partial charge in [0.1, 0.15) is 11.5 Å². The number of likely N-dealkylation sites (tertiary alicyclic amines) is 1. The molecule has 150 valence electrons. The number of pyridine rings is 1. The second-order valence-electron chi connectivity index (χ2n) is 7.63. The van der Waals surface area contributed by atoms with Crippen molar-refractivity contribution in [2.75, 3.05) is 6.54 Å². The highest BCUT2D eigenvalue weighted by Gasteiger charge is 2.34. The minimum atomic E-state index is 0.0368. The molecule has 2 aromatic heterocycles. The van der Waals surface area contributed by atoms with Crippen LogP contribution >= 0.6 is 0 Å². The van der Waals surface area contributed by atoms with E-state index in [1.807, 2.05) is 48.7 Å². The van der Waals surface area contributed by atoms with Crippen molar-refractivity contribution in [1.29, 1.82) is 0 Å². The Morgan fingerprint density at radius 2 is 1.90 bits per heavy atom. The molecule has 1 aliphatic heterocycles. The molecule has 1 amide bonds. The molecule has 0 saturated carbocycles. The number of aryl methyl sites for hydroxylation is 3. The number of rotatable bonds is 4. The molecule has 0 spiro atoms.